The molecule has 3 N–H and O–H groups in total. The Balaban J connectivity index is 3.81. The highest BCUT2D eigenvalue weighted by molar-refractivity contribution is 7.90. The lowest BCUT2D eigenvalue weighted by molar-refractivity contribution is 0.0956. The summed E-state index contributed by atoms with van der Waals surface area (Å²) < 4.78 is 28.3. The number of nitrogens with two attached hydrogens (primary N) is 1. The smallest absolute Gasteiger partial charge is 0.256 e. The number of carbonyl (C=O) groups excluding carboxylic acids is 2. The zero-order valence-corrected chi connectivity index (χ0v) is 11.5. The van der Waals surface area contributed by atoms with Crippen LogP contribution in [0.2, 0.25) is 0 Å². The van der Waals surface area contributed by atoms with Crippen LogP contribution in [0.15, 0.2) is 17.0 Å². The van der Waals surface area contributed by atoms with Gasteiger partial charge in [-0.15, -0.1) is 0 Å². The molecule has 0 heterocycles. The van der Waals surface area contributed by atoms with Gasteiger partial charge in [-0.05, 0) is 12.1 Å². The van der Waals surface area contributed by atoms with Crippen LogP contribution in [0.1, 0.15) is 20.7 Å². The van der Waals surface area contributed by atoms with Crippen LogP contribution in [0.5, 0.6) is 5.75 Å². The van der Waals surface area contributed by atoms with Gasteiger partial charge in [0.25, 0.3) is 11.8 Å². The van der Waals surface area contributed by atoms with E-state index in [0.29, 0.717) is 0 Å². The summed E-state index contributed by atoms with van der Waals surface area (Å²) in [5, 5.41) is 2.30. The minimum Gasteiger partial charge on any atom is -0.495 e. The maximum atomic E-state index is 11.8. The average molecular weight is 286 g/mol. The Bertz CT molecular complexity index is 637. The molecule has 1 aromatic carbocycles. The van der Waals surface area contributed by atoms with E-state index in [9.17, 15) is 18.0 Å². The highest BCUT2D eigenvalue weighted by atomic mass is 32.2. The molecule has 0 aliphatic carbocycles. The molecule has 0 saturated heterocycles. The van der Waals surface area contributed by atoms with E-state index in [4.69, 9.17) is 10.5 Å². The normalized spacial score (nSPS) is 10.9. The lowest BCUT2D eigenvalue weighted by Gasteiger charge is -2.14. The fraction of sp³-hybridized carbons (Fsp3) is 0.273. The van der Waals surface area contributed by atoms with Crippen LogP contribution >= 0.6 is 0 Å². The van der Waals surface area contributed by atoms with Crippen molar-refractivity contribution in [3.05, 3.63) is 23.3 Å². The third kappa shape index (κ3) is 2.84. The molecule has 7 nitrogen and oxygen atoms in total. The van der Waals surface area contributed by atoms with E-state index in [1.165, 1.54) is 20.2 Å². The van der Waals surface area contributed by atoms with Crippen LogP contribution in [-0.2, 0) is 9.84 Å². The highest BCUT2D eigenvalue weighted by Crippen LogP contribution is 2.29. The van der Waals surface area contributed by atoms with Gasteiger partial charge in [-0.1, -0.05) is 0 Å². The van der Waals surface area contributed by atoms with E-state index in [0.717, 1.165) is 12.3 Å². The molecule has 2 amide bonds. The number of carbonyl (C=O) groups is 2. The fourth-order valence-corrected chi connectivity index (χ4v) is 2.49. The van der Waals surface area contributed by atoms with Crippen molar-refractivity contribution in [2.75, 3.05) is 20.4 Å². The second-order valence-electron chi connectivity index (χ2n) is 3.74. The van der Waals surface area contributed by atoms with Gasteiger partial charge in [-0.25, -0.2) is 8.42 Å². The first kappa shape index (κ1) is 15.0. The molecule has 0 aliphatic rings. The fourth-order valence-electron chi connectivity index (χ4n) is 1.62. The molecule has 0 bridgehead atoms. The number of ether oxygens (including phenoxy) is 1. The molecule has 0 radical (unpaired) electrons. The van der Waals surface area contributed by atoms with Crippen LogP contribution in [0.4, 0.5) is 0 Å². The number of nitrogens with one attached hydrogen (secondary N) is 1. The largest absolute Gasteiger partial charge is 0.495 e. The number of benzene rings is 1. The van der Waals surface area contributed by atoms with Crippen LogP contribution in [0, 0.1) is 0 Å². The quantitative estimate of drug-likeness (QED) is 0.778. The first-order valence-corrected chi connectivity index (χ1v) is 7.06. The lowest BCUT2D eigenvalue weighted by atomic mass is 10.1. The highest BCUT2D eigenvalue weighted by Gasteiger charge is 2.26. The third-order valence-electron chi connectivity index (χ3n) is 2.44. The van der Waals surface area contributed by atoms with Crippen molar-refractivity contribution in [1.29, 1.82) is 0 Å². The Labute approximate surface area is 110 Å². The van der Waals surface area contributed by atoms with E-state index in [1.54, 1.807) is 0 Å². The van der Waals surface area contributed by atoms with Gasteiger partial charge in [0, 0.05) is 13.3 Å². The molecule has 19 heavy (non-hydrogen) atoms. The van der Waals surface area contributed by atoms with E-state index >= 15 is 0 Å². The number of primary amides is 1. The summed E-state index contributed by atoms with van der Waals surface area (Å²) in [6, 6.07) is 2.37. The van der Waals surface area contributed by atoms with Crippen molar-refractivity contribution >= 4 is 21.7 Å². The minimum absolute atomic E-state index is 0.0616. The SMILES string of the molecule is CNC(=O)c1c(S(C)(=O)=O)ccc(C(N)=O)c1OC. The van der Waals surface area contributed by atoms with Gasteiger partial charge in [-0.3, -0.25) is 9.59 Å². The molecular weight excluding hydrogens is 272 g/mol. The van der Waals surface area contributed by atoms with Crippen molar-refractivity contribution in [3.8, 4) is 5.75 Å². The van der Waals surface area contributed by atoms with Gasteiger partial charge >= 0.3 is 0 Å². The van der Waals surface area contributed by atoms with E-state index in [1.807, 2.05) is 0 Å². The van der Waals surface area contributed by atoms with E-state index in [-0.39, 0.29) is 21.8 Å². The molecule has 0 aliphatic heterocycles. The maximum Gasteiger partial charge on any atom is 0.256 e. The molecule has 0 fully saturated rings. The van der Waals surface area contributed by atoms with Crippen molar-refractivity contribution in [3.63, 3.8) is 0 Å². The van der Waals surface area contributed by atoms with Crippen LogP contribution in [0.25, 0.3) is 0 Å². The van der Waals surface area contributed by atoms with Crippen LogP contribution in [-0.4, -0.2) is 40.6 Å². The summed E-state index contributed by atoms with van der Waals surface area (Å²) in [6.07, 6.45) is 0.957. The molecule has 1 aromatic rings. The summed E-state index contributed by atoms with van der Waals surface area (Å²) in [7, 11) is -1.10. The molecule has 0 spiro atoms. The topological polar surface area (TPSA) is 116 Å². The summed E-state index contributed by atoms with van der Waals surface area (Å²) in [6.45, 7) is 0. The van der Waals surface area contributed by atoms with E-state index < -0.39 is 21.7 Å². The summed E-state index contributed by atoms with van der Waals surface area (Å²) in [4.78, 5) is 22.9. The predicted octanol–water partition coefficient (Wildman–Crippen LogP) is -0.443. The average Bonchev–Trinajstić information content (AvgIpc) is 2.34. The molecular formula is C11H14N2O5S. The molecule has 8 heteroatoms. The number of hydrogen-bond acceptors (Lipinski definition) is 5. The van der Waals surface area contributed by atoms with Gasteiger partial charge in [0.15, 0.2) is 9.84 Å². The summed E-state index contributed by atoms with van der Waals surface area (Å²) in [5.41, 5.74) is 4.87. The first-order valence-electron chi connectivity index (χ1n) is 5.17. The van der Waals surface area contributed by atoms with Crippen molar-refractivity contribution < 1.29 is 22.7 Å². The monoisotopic (exact) mass is 286 g/mol. The molecule has 0 aromatic heterocycles. The summed E-state index contributed by atoms with van der Waals surface area (Å²) >= 11 is 0. The molecule has 0 atom stereocenters. The van der Waals surface area contributed by atoms with Crippen molar-refractivity contribution in [2.24, 2.45) is 5.73 Å². The third-order valence-corrected chi connectivity index (χ3v) is 3.58. The summed E-state index contributed by atoms with van der Waals surface area (Å²) in [5.74, 6) is -1.66. The van der Waals surface area contributed by atoms with E-state index in [2.05, 4.69) is 5.32 Å². The van der Waals surface area contributed by atoms with Gasteiger partial charge in [-0.2, -0.15) is 0 Å². The zero-order valence-electron chi connectivity index (χ0n) is 10.7. The minimum atomic E-state index is -3.66. The number of sulfone groups is 1. The Morgan fingerprint density at radius 3 is 2.26 bits per heavy atom. The second-order valence-corrected chi connectivity index (χ2v) is 5.72. The van der Waals surface area contributed by atoms with Gasteiger partial charge in [0.05, 0.1) is 17.6 Å². The zero-order chi connectivity index (χ0) is 14.8. The molecule has 0 saturated carbocycles. The molecule has 104 valence electrons. The first-order chi connectivity index (χ1) is 8.73. The van der Waals surface area contributed by atoms with Crippen LogP contribution in [0.3, 0.4) is 0 Å². The number of rotatable bonds is 4. The standard InChI is InChI=1S/C11H14N2O5S/c1-13-11(15)8-7(19(3,16)17)5-4-6(10(12)14)9(8)18-2/h4-5H,1-3H3,(H2,12,14)(H,13,15). The second kappa shape index (κ2) is 5.27. The maximum absolute atomic E-state index is 11.8. The van der Waals surface area contributed by atoms with Gasteiger partial charge in [0.1, 0.15) is 11.3 Å². The number of hydrogen-bond donors (Lipinski definition) is 2. The Morgan fingerprint density at radius 1 is 1.32 bits per heavy atom. The van der Waals surface area contributed by atoms with Crippen molar-refractivity contribution in [1.82, 2.24) is 5.32 Å². The Kier molecular flexibility index (Phi) is 4.15. The molecule has 0 unspecified atom stereocenters. The number of methoxy groups -OCH3 is 1. The van der Waals surface area contributed by atoms with Gasteiger partial charge in [0.2, 0.25) is 0 Å². The van der Waals surface area contributed by atoms with Crippen LogP contribution < -0.4 is 15.8 Å². The molecule has 1 rings (SSSR count). The Hall–Kier alpha value is -2.09. The predicted molar refractivity (Wildman–Crippen MR) is 68.0 cm³/mol. The Morgan fingerprint density at radius 2 is 1.89 bits per heavy atom. The number of amides is 2. The van der Waals surface area contributed by atoms with Crippen molar-refractivity contribution in [2.45, 2.75) is 4.90 Å². The van der Waals surface area contributed by atoms with Gasteiger partial charge < -0.3 is 15.8 Å². The lowest BCUT2D eigenvalue weighted by Crippen LogP contribution is -2.24.